The SMILES string of the molecule is O=C(O)CCCCNC(=O)c1ccc(SC(F)F)cc1. The highest BCUT2D eigenvalue weighted by Crippen LogP contribution is 2.25. The minimum Gasteiger partial charge on any atom is -0.481 e. The quantitative estimate of drug-likeness (QED) is 0.572. The number of halogens is 2. The van der Waals surface area contributed by atoms with E-state index in [1.807, 2.05) is 0 Å². The number of carboxylic acids is 1. The smallest absolute Gasteiger partial charge is 0.303 e. The van der Waals surface area contributed by atoms with Crippen LogP contribution in [0.25, 0.3) is 0 Å². The fourth-order valence-electron chi connectivity index (χ4n) is 1.49. The van der Waals surface area contributed by atoms with E-state index in [0.717, 1.165) is 0 Å². The van der Waals surface area contributed by atoms with Gasteiger partial charge in [-0.1, -0.05) is 11.8 Å². The monoisotopic (exact) mass is 303 g/mol. The Labute approximate surface area is 119 Å². The van der Waals surface area contributed by atoms with E-state index in [4.69, 9.17) is 5.11 Å². The fraction of sp³-hybridized carbons (Fsp3) is 0.385. The van der Waals surface area contributed by atoms with Gasteiger partial charge >= 0.3 is 5.97 Å². The Morgan fingerprint density at radius 2 is 1.85 bits per heavy atom. The first-order valence-corrected chi connectivity index (χ1v) is 6.92. The molecule has 1 aromatic rings. The molecule has 0 spiro atoms. The number of benzene rings is 1. The van der Waals surface area contributed by atoms with E-state index in [-0.39, 0.29) is 12.3 Å². The summed E-state index contributed by atoms with van der Waals surface area (Å²) in [6.07, 6.45) is 1.16. The number of carbonyl (C=O) groups is 2. The Kier molecular flexibility index (Phi) is 7.00. The standard InChI is InChI=1S/C13H15F2NO3S/c14-13(15)20-10-6-4-9(5-7-10)12(19)16-8-2-1-3-11(17)18/h4-7,13H,1-3,8H2,(H,16,19)(H,17,18). The van der Waals surface area contributed by atoms with Gasteiger partial charge < -0.3 is 10.4 Å². The summed E-state index contributed by atoms with van der Waals surface area (Å²) < 4.78 is 24.2. The van der Waals surface area contributed by atoms with E-state index in [2.05, 4.69) is 5.32 Å². The average Bonchev–Trinajstić information content (AvgIpc) is 2.38. The summed E-state index contributed by atoms with van der Waals surface area (Å²) in [6.45, 7) is 0.389. The summed E-state index contributed by atoms with van der Waals surface area (Å²) >= 11 is 0.425. The Morgan fingerprint density at radius 3 is 2.40 bits per heavy atom. The summed E-state index contributed by atoms with van der Waals surface area (Å²) in [5.41, 5.74) is 0.391. The van der Waals surface area contributed by atoms with Crippen LogP contribution in [0.4, 0.5) is 8.78 Å². The van der Waals surface area contributed by atoms with Crippen LogP contribution in [0.3, 0.4) is 0 Å². The largest absolute Gasteiger partial charge is 0.481 e. The van der Waals surface area contributed by atoms with Crippen LogP contribution in [0, 0.1) is 0 Å². The maximum Gasteiger partial charge on any atom is 0.303 e. The van der Waals surface area contributed by atoms with Gasteiger partial charge in [-0.2, -0.15) is 8.78 Å². The summed E-state index contributed by atoms with van der Waals surface area (Å²) in [6, 6.07) is 5.90. The number of hydrogen-bond donors (Lipinski definition) is 2. The first kappa shape index (κ1) is 16.4. The molecule has 0 saturated carbocycles. The van der Waals surface area contributed by atoms with Crippen LogP contribution in [0.15, 0.2) is 29.2 Å². The molecule has 0 saturated heterocycles. The topological polar surface area (TPSA) is 66.4 Å². The molecule has 20 heavy (non-hydrogen) atoms. The highest BCUT2D eigenvalue weighted by molar-refractivity contribution is 7.99. The number of carboxylic acid groups (broad SMARTS) is 1. The predicted molar refractivity (Wildman–Crippen MR) is 72.1 cm³/mol. The van der Waals surface area contributed by atoms with Crippen molar-refractivity contribution in [2.45, 2.75) is 29.9 Å². The third kappa shape index (κ3) is 6.51. The Morgan fingerprint density at radius 1 is 1.20 bits per heavy atom. The second-order valence-electron chi connectivity index (χ2n) is 4.01. The molecule has 1 aromatic carbocycles. The minimum atomic E-state index is -2.48. The fourth-order valence-corrected chi connectivity index (χ4v) is 1.99. The molecule has 110 valence electrons. The number of thioether (sulfide) groups is 1. The van der Waals surface area contributed by atoms with Crippen molar-refractivity contribution in [3.8, 4) is 0 Å². The van der Waals surface area contributed by atoms with Crippen LogP contribution in [0.2, 0.25) is 0 Å². The van der Waals surface area contributed by atoms with Gasteiger partial charge in [0.25, 0.3) is 11.7 Å². The van der Waals surface area contributed by atoms with Gasteiger partial charge in [0.2, 0.25) is 0 Å². The lowest BCUT2D eigenvalue weighted by Crippen LogP contribution is -2.24. The lowest BCUT2D eigenvalue weighted by atomic mass is 10.2. The van der Waals surface area contributed by atoms with Gasteiger partial charge in [0.1, 0.15) is 0 Å². The lowest BCUT2D eigenvalue weighted by molar-refractivity contribution is -0.137. The Balaban J connectivity index is 2.34. The normalized spacial score (nSPS) is 10.6. The molecule has 0 heterocycles. The molecular weight excluding hydrogens is 288 g/mol. The zero-order valence-electron chi connectivity index (χ0n) is 10.6. The summed E-state index contributed by atoms with van der Waals surface area (Å²) in [5, 5.41) is 11.1. The van der Waals surface area contributed by atoms with E-state index >= 15 is 0 Å². The molecule has 1 rings (SSSR count). The van der Waals surface area contributed by atoms with Crippen molar-refractivity contribution >= 4 is 23.6 Å². The molecule has 0 fully saturated rings. The third-order valence-corrected chi connectivity index (χ3v) is 3.17. The van der Waals surface area contributed by atoms with Crippen molar-refractivity contribution < 1.29 is 23.5 Å². The predicted octanol–water partition coefficient (Wildman–Crippen LogP) is 2.99. The Bertz CT molecular complexity index is 451. The van der Waals surface area contributed by atoms with Crippen LogP contribution < -0.4 is 5.32 Å². The van der Waals surface area contributed by atoms with Gasteiger partial charge in [0.05, 0.1) is 0 Å². The van der Waals surface area contributed by atoms with E-state index < -0.39 is 11.7 Å². The number of rotatable bonds is 8. The van der Waals surface area contributed by atoms with Crippen LogP contribution in [0.1, 0.15) is 29.6 Å². The average molecular weight is 303 g/mol. The lowest BCUT2D eigenvalue weighted by Gasteiger charge is -2.05. The highest BCUT2D eigenvalue weighted by Gasteiger charge is 2.08. The molecular formula is C13H15F2NO3S. The number of aliphatic carboxylic acids is 1. The molecule has 0 aliphatic rings. The van der Waals surface area contributed by atoms with Crippen LogP contribution in [0.5, 0.6) is 0 Å². The molecule has 0 unspecified atom stereocenters. The zero-order chi connectivity index (χ0) is 15.0. The van der Waals surface area contributed by atoms with Crippen LogP contribution in [-0.4, -0.2) is 29.3 Å². The molecule has 0 radical (unpaired) electrons. The van der Waals surface area contributed by atoms with E-state index in [9.17, 15) is 18.4 Å². The third-order valence-electron chi connectivity index (χ3n) is 2.44. The number of amides is 1. The maximum atomic E-state index is 12.1. The van der Waals surface area contributed by atoms with Crippen molar-refractivity contribution in [3.63, 3.8) is 0 Å². The van der Waals surface area contributed by atoms with Gasteiger partial charge in [-0.3, -0.25) is 9.59 Å². The minimum absolute atomic E-state index is 0.0788. The summed E-state index contributed by atoms with van der Waals surface area (Å²) in [4.78, 5) is 22.4. The van der Waals surface area contributed by atoms with Crippen LogP contribution >= 0.6 is 11.8 Å². The molecule has 0 aliphatic heterocycles. The van der Waals surface area contributed by atoms with Crippen molar-refractivity contribution in [3.05, 3.63) is 29.8 Å². The number of nitrogens with one attached hydrogen (secondary N) is 1. The molecule has 2 N–H and O–H groups in total. The summed E-state index contributed by atoms with van der Waals surface area (Å²) in [7, 11) is 0. The van der Waals surface area contributed by atoms with E-state index in [1.165, 1.54) is 24.3 Å². The highest BCUT2D eigenvalue weighted by atomic mass is 32.2. The van der Waals surface area contributed by atoms with Crippen molar-refractivity contribution in [1.82, 2.24) is 5.32 Å². The van der Waals surface area contributed by atoms with Crippen molar-refractivity contribution in [1.29, 1.82) is 0 Å². The van der Waals surface area contributed by atoms with Gasteiger partial charge in [0.15, 0.2) is 0 Å². The molecule has 0 aromatic heterocycles. The van der Waals surface area contributed by atoms with Gasteiger partial charge in [-0.05, 0) is 37.1 Å². The molecule has 4 nitrogen and oxygen atoms in total. The number of hydrogen-bond acceptors (Lipinski definition) is 3. The van der Waals surface area contributed by atoms with Crippen molar-refractivity contribution in [2.75, 3.05) is 6.54 Å². The summed E-state index contributed by atoms with van der Waals surface area (Å²) in [5.74, 6) is -3.64. The number of alkyl halides is 2. The Hall–Kier alpha value is -1.63. The second kappa shape index (κ2) is 8.52. The van der Waals surface area contributed by atoms with Gasteiger partial charge in [0, 0.05) is 23.4 Å². The zero-order valence-corrected chi connectivity index (χ0v) is 11.5. The van der Waals surface area contributed by atoms with E-state index in [0.29, 0.717) is 41.6 Å². The second-order valence-corrected chi connectivity index (χ2v) is 5.07. The number of unbranched alkanes of at least 4 members (excludes halogenated alkanes) is 1. The van der Waals surface area contributed by atoms with Gasteiger partial charge in [-0.25, -0.2) is 0 Å². The van der Waals surface area contributed by atoms with Gasteiger partial charge in [-0.15, -0.1) is 0 Å². The van der Waals surface area contributed by atoms with Crippen LogP contribution in [-0.2, 0) is 4.79 Å². The first-order chi connectivity index (χ1) is 9.49. The molecule has 0 aliphatic carbocycles. The maximum absolute atomic E-state index is 12.1. The molecule has 7 heteroatoms. The number of carbonyl (C=O) groups excluding carboxylic acids is 1. The molecule has 0 bridgehead atoms. The molecule has 1 amide bonds. The van der Waals surface area contributed by atoms with Crippen molar-refractivity contribution in [2.24, 2.45) is 0 Å². The molecule has 0 atom stereocenters. The van der Waals surface area contributed by atoms with E-state index in [1.54, 1.807) is 0 Å². The first-order valence-electron chi connectivity index (χ1n) is 6.04.